The van der Waals surface area contributed by atoms with Crippen LogP contribution in [0.2, 0.25) is 0 Å². The van der Waals surface area contributed by atoms with Gasteiger partial charge >= 0.3 is 0 Å². The summed E-state index contributed by atoms with van der Waals surface area (Å²) < 4.78 is 5.41. The van der Waals surface area contributed by atoms with Gasteiger partial charge in [-0.25, -0.2) is 0 Å². The molecule has 94 valence electrons. The molecule has 3 aromatic rings. The Hall–Kier alpha value is -2.62. The second-order valence-electron chi connectivity index (χ2n) is 4.33. The maximum Gasteiger partial charge on any atom is 0.177 e. The summed E-state index contributed by atoms with van der Waals surface area (Å²) in [5.74, 6) is 1.06. The summed E-state index contributed by atoms with van der Waals surface area (Å²) in [5.41, 5.74) is 9.73. The smallest absolute Gasteiger partial charge is 0.177 e. The maximum atomic E-state index is 5.93. The quantitative estimate of drug-likeness (QED) is 0.759. The van der Waals surface area contributed by atoms with Crippen LogP contribution in [0.3, 0.4) is 0 Å². The summed E-state index contributed by atoms with van der Waals surface area (Å²) >= 11 is 0. The van der Waals surface area contributed by atoms with Gasteiger partial charge in [-0.2, -0.15) is 0 Å². The van der Waals surface area contributed by atoms with E-state index in [2.05, 4.69) is 10.1 Å². The average Bonchev–Trinajstić information content (AvgIpc) is 2.82. The molecule has 3 rings (SSSR count). The van der Waals surface area contributed by atoms with Gasteiger partial charge in [0.1, 0.15) is 0 Å². The highest BCUT2D eigenvalue weighted by Gasteiger charge is 2.18. The van der Waals surface area contributed by atoms with Crippen molar-refractivity contribution in [1.82, 2.24) is 10.1 Å². The lowest BCUT2D eigenvalue weighted by Crippen LogP contribution is -1.90. The molecule has 0 aliphatic rings. The molecule has 0 atom stereocenters. The number of nitrogens with zero attached hydrogens (tertiary/aromatic N) is 2. The van der Waals surface area contributed by atoms with Crippen LogP contribution in [0.15, 0.2) is 53.3 Å². The first-order valence-corrected chi connectivity index (χ1v) is 5.99. The van der Waals surface area contributed by atoms with Crippen LogP contribution in [0.1, 0.15) is 5.56 Å². The number of hydrogen-bond acceptors (Lipinski definition) is 4. The van der Waals surface area contributed by atoms with Crippen LogP contribution >= 0.6 is 0 Å². The number of aromatic nitrogens is 2. The Morgan fingerprint density at radius 1 is 1.11 bits per heavy atom. The van der Waals surface area contributed by atoms with Crippen molar-refractivity contribution >= 4 is 5.82 Å². The monoisotopic (exact) mass is 251 g/mol. The molecule has 0 aliphatic heterocycles. The minimum Gasteiger partial charge on any atom is -0.380 e. The highest BCUT2D eigenvalue weighted by atomic mass is 16.5. The van der Waals surface area contributed by atoms with Gasteiger partial charge in [0.25, 0.3) is 0 Å². The standard InChI is InChI=1S/C15H13N3O/c1-10-5-2-3-7-12(10)14-13(15(16)18-19-14)11-6-4-8-17-9-11/h2-9H,1H3,(H2,16,18). The minimum atomic E-state index is 0.381. The Bertz CT molecular complexity index is 704. The number of benzene rings is 1. The van der Waals surface area contributed by atoms with Gasteiger partial charge < -0.3 is 10.3 Å². The van der Waals surface area contributed by atoms with Crippen LogP contribution in [-0.2, 0) is 0 Å². The zero-order valence-corrected chi connectivity index (χ0v) is 10.5. The zero-order chi connectivity index (χ0) is 13.2. The number of anilines is 1. The molecule has 4 heteroatoms. The second kappa shape index (κ2) is 4.57. The van der Waals surface area contributed by atoms with E-state index >= 15 is 0 Å². The van der Waals surface area contributed by atoms with Gasteiger partial charge in [0.15, 0.2) is 11.6 Å². The number of hydrogen-bond donors (Lipinski definition) is 1. The van der Waals surface area contributed by atoms with E-state index in [1.807, 2.05) is 43.3 Å². The molecule has 0 aliphatic carbocycles. The van der Waals surface area contributed by atoms with Crippen LogP contribution in [0.25, 0.3) is 22.5 Å². The Kier molecular flexibility index (Phi) is 2.76. The third-order valence-corrected chi connectivity index (χ3v) is 3.06. The van der Waals surface area contributed by atoms with Crippen LogP contribution in [0, 0.1) is 6.92 Å². The fourth-order valence-corrected chi connectivity index (χ4v) is 2.10. The van der Waals surface area contributed by atoms with Gasteiger partial charge in [-0.3, -0.25) is 4.98 Å². The third kappa shape index (κ3) is 1.97. The molecule has 2 heterocycles. The third-order valence-electron chi connectivity index (χ3n) is 3.06. The molecule has 4 nitrogen and oxygen atoms in total. The largest absolute Gasteiger partial charge is 0.380 e. The summed E-state index contributed by atoms with van der Waals surface area (Å²) in [6, 6.07) is 11.8. The first-order chi connectivity index (χ1) is 9.27. The molecule has 0 amide bonds. The van der Waals surface area contributed by atoms with Crippen molar-refractivity contribution in [2.24, 2.45) is 0 Å². The minimum absolute atomic E-state index is 0.381. The molecule has 0 saturated heterocycles. The Labute approximate surface area is 110 Å². The van der Waals surface area contributed by atoms with Gasteiger partial charge in [-0.05, 0) is 18.6 Å². The summed E-state index contributed by atoms with van der Waals surface area (Å²) in [7, 11) is 0. The van der Waals surface area contributed by atoms with E-state index in [0.717, 1.165) is 22.3 Å². The van der Waals surface area contributed by atoms with Crippen LogP contribution in [0.4, 0.5) is 5.82 Å². The summed E-state index contributed by atoms with van der Waals surface area (Å²) in [4.78, 5) is 4.11. The SMILES string of the molecule is Cc1ccccc1-c1onc(N)c1-c1cccnc1. The lowest BCUT2D eigenvalue weighted by atomic mass is 10.00. The van der Waals surface area contributed by atoms with Crippen molar-refractivity contribution in [3.8, 4) is 22.5 Å². The molecular weight excluding hydrogens is 238 g/mol. The van der Waals surface area contributed by atoms with Crippen molar-refractivity contribution in [3.63, 3.8) is 0 Å². The predicted molar refractivity (Wildman–Crippen MR) is 74.3 cm³/mol. The first-order valence-electron chi connectivity index (χ1n) is 5.99. The van der Waals surface area contributed by atoms with Gasteiger partial charge in [0, 0.05) is 23.5 Å². The molecule has 2 aromatic heterocycles. The fraction of sp³-hybridized carbons (Fsp3) is 0.0667. The molecule has 0 fully saturated rings. The lowest BCUT2D eigenvalue weighted by Gasteiger charge is -2.04. The highest BCUT2D eigenvalue weighted by Crippen LogP contribution is 2.37. The molecule has 1 aromatic carbocycles. The molecule has 0 saturated carbocycles. The van der Waals surface area contributed by atoms with Crippen molar-refractivity contribution < 1.29 is 4.52 Å². The average molecular weight is 251 g/mol. The van der Waals surface area contributed by atoms with Gasteiger partial charge in [-0.1, -0.05) is 35.5 Å². The van der Waals surface area contributed by atoms with Crippen molar-refractivity contribution in [2.75, 3.05) is 5.73 Å². The molecule has 0 radical (unpaired) electrons. The molecule has 2 N–H and O–H groups in total. The van der Waals surface area contributed by atoms with Crippen molar-refractivity contribution in [2.45, 2.75) is 6.92 Å². The Morgan fingerprint density at radius 3 is 2.68 bits per heavy atom. The van der Waals surface area contributed by atoms with Gasteiger partial charge in [0.2, 0.25) is 0 Å². The van der Waals surface area contributed by atoms with Gasteiger partial charge in [-0.15, -0.1) is 0 Å². The number of nitrogen functional groups attached to an aromatic ring is 1. The van der Waals surface area contributed by atoms with E-state index in [4.69, 9.17) is 10.3 Å². The van der Waals surface area contributed by atoms with Crippen molar-refractivity contribution in [3.05, 3.63) is 54.4 Å². The van der Waals surface area contributed by atoms with E-state index in [1.165, 1.54) is 0 Å². The van der Waals surface area contributed by atoms with Crippen LogP contribution < -0.4 is 5.73 Å². The van der Waals surface area contributed by atoms with E-state index < -0.39 is 0 Å². The van der Waals surface area contributed by atoms with Crippen LogP contribution in [0.5, 0.6) is 0 Å². The summed E-state index contributed by atoms with van der Waals surface area (Å²) in [5, 5.41) is 3.89. The van der Waals surface area contributed by atoms with Gasteiger partial charge in [0.05, 0.1) is 5.56 Å². The zero-order valence-electron chi connectivity index (χ0n) is 10.5. The molecular formula is C15H13N3O. The lowest BCUT2D eigenvalue weighted by molar-refractivity contribution is 0.436. The molecule has 0 bridgehead atoms. The fourth-order valence-electron chi connectivity index (χ4n) is 2.10. The normalized spacial score (nSPS) is 10.6. The predicted octanol–water partition coefficient (Wildman–Crippen LogP) is 3.29. The molecule has 19 heavy (non-hydrogen) atoms. The maximum absolute atomic E-state index is 5.93. The van der Waals surface area contributed by atoms with E-state index in [0.29, 0.717) is 11.6 Å². The Balaban J connectivity index is 2.23. The second-order valence-corrected chi connectivity index (χ2v) is 4.33. The Morgan fingerprint density at radius 2 is 1.95 bits per heavy atom. The summed E-state index contributed by atoms with van der Waals surface area (Å²) in [6.07, 6.45) is 3.48. The highest BCUT2D eigenvalue weighted by molar-refractivity contribution is 5.87. The number of rotatable bonds is 2. The van der Waals surface area contributed by atoms with E-state index in [1.54, 1.807) is 12.4 Å². The first kappa shape index (κ1) is 11.5. The molecule has 0 unspecified atom stereocenters. The number of pyridine rings is 1. The summed E-state index contributed by atoms with van der Waals surface area (Å²) in [6.45, 7) is 2.03. The van der Waals surface area contributed by atoms with Crippen molar-refractivity contribution in [1.29, 1.82) is 0 Å². The van der Waals surface area contributed by atoms with E-state index in [-0.39, 0.29) is 0 Å². The number of aryl methyl sites for hydroxylation is 1. The number of nitrogens with two attached hydrogens (primary N) is 1. The van der Waals surface area contributed by atoms with E-state index in [9.17, 15) is 0 Å². The van der Waals surface area contributed by atoms with Crippen LogP contribution in [-0.4, -0.2) is 10.1 Å². The topological polar surface area (TPSA) is 64.9 Å². The molecule has 0 spiro atoms.